The summed E-state index contributed by atoms with van der Waals surface area (Å²) in [6.07, 6.45) is 6.64. The van der Waals surface area contributed by atoms with Crippen LogP contribution in [0.15, 0.2) is 24.3 Å². The van der Waals surface area contributed by atoms with Crippen LogP contribution in [0.4, 0.5) is 4.39 Å². The van der Waals surface area contributed by atoms with Crippen molar-refractivity contribution < 1.29 is 14.0 Å². The fourth-order valence-electron chi connectivity index (χ4n) is 3.91. The summed E-state index contributed by atoms with van der Waals surface area (Å²) in [7, 11) is 0. The molecule has 0 bridgehead atoms. The molecular weight excluding hydrogens is 351 g/mol. The molecule has 2 atom stereocenters. The minimum absolute atomic E-state index is 0.00319. The van der Waals surface area contributed by atoms with Crippen LogP contribution in [0.2, 0.25) is 0 Å². The number of rotatable bonds is 5. The van der Waals surface area contributed by atoms with Crippen LogP contribution in [0.5, 0.6) is 0 Å². The predicted octanol–water partition coefficient (Wildman–Crippen LogP) is 3.82. The standard InChI is InChI=1S/C20H27FN2O2S/c1-2-11-22-18(24)17-13-26-20(14-7-4-3-5-8-14)23(17)19(25)15-9-6-10-16(21)12-15/h6,9-10,12,14,17,20H,2-5,7-8,11,13H2,1H3,(H,22,24)/t17-,20+/m1/s1. The Morgan fingerprint density at radius 2 is 2.04 bits per heavy atom. The van der Waals surface area contributed by atoms with E-state index in [2.05, 4.69) is 5.32 Å². The molecule has 2 aliphatic rings. The van der Waals surface area contributed by atoms with E-state index in [1.165, 1.54) is 31.4 Å². The van der Waals surface area contributed by atoms with Gasteiger partial charge in [-0.25, -0.2) is 4.39 Å². The maximum atomic E-state index is 13.6. The quantitative estimate of drug-likeness (QED) is 0.847. The molecule has 6 heteroatoms. The Hall–Kier alpha value is -1.56. The summed E-state index contributed by atoms with van der Waals surface area (Å²) in [5.41, 5.74) is 0.321. The highest BCUT2D eigenvalue weighted by Crippen LogP contribution is 2.41. The summed E-state index contributed by atoms with van der Waals surface area (Å²) in [4.78, 5) is 27.6. The first-order chi connectivity index (χ1) is 12.6. The van der Waals surface area contributed by atoms with Gasteiger partial charge in [0.1, 0.15) is 11.9 Å². The molecule has 1 heterocycles. The number of hydrogen-bond donors (Lipinski definition) is 1. The third-order valence-electron chi connectivity index (χ3n) is 5.25. The minimum Gasteiger partial charge on any atom is -0.354 e. The highest BCUT2D eigenvalue weighted by Gasteiger charge is 2.45. The van der Waals surface area contributed by atoms with Crippen molar-refractivity contribution in [2.45, 2.75) is 56.9 Å². The fourth-order valence-corrected chi connectivity index (χ4v) is 5.54. The molecule has 1 aliphatic carbocycles. The van der Waals surface area contributed by atoms with Gasteiger partial charge >= 0.3 is 0 Å². The molecule has 1 aromatic carbocycles. The van der Waals surface area contributed by atoms with Crippen LogP contribution < -0.4 is 5.32 Å². The summed E-state index contributed by atoms with van der Waals surface area (Å²) in [6.45, 7) is 2.61. The third kappa shape index (κ3) is 4.22. The van der Waals surface area contributed by atoms with E-state index in [4.69, 9.17) is 0 Å². The van der Waals surface area contributed by atoms with Crippen LogP contribution in [-0.4, -0.2) is 40.4 Å². The predicted molar refractivity (Wildman–Crippen MR) is 102 cm³/mol. The second-order valence-corrected chi connectivity index (χ2v) is 8.30. The molecular formula is C20H27FN2O2S. The monoisotopic (exact) mass is 378 g/mol. The molecule has 3 rings (SSSR count). The molecule has 1 aliphatic heterocycles. The van der Waals surface area contributed by atoms with Gasteiger partial charge in [-0.05, 0) is 43.4 Å². The maximum Gasteiger partial charge on any atom is 0.255 e. The van der Waals surface area contributed by atoms with Gasteiger partial charge in [0.2, 0.25) is 5.91 Å². The van der Waals surface area contributed by atoms with Crippen molar-refractivity contribution in [3.8, 4) is 0 Å². The van der Waals surface area contributed by atoms with E-state index in [0.717, 1.165) is 19.3 Å². The van der Waals surface area contributed by atoms with Crippen molar-refractivity contribution in [2.24, 2.45) is 5.92 Å². The molecule has 4 nitrogen and oxygen atoms in total. The van der Waals surface area contributed by atoms with Crippen LogP contribution in [0.3, 0.4) is 0 Å². The van der Waals surface area contributed by atoms with Crippen LogP contribution in [0, 0.1) is 11.7 Å². The topological polar surface area (TPSA) is 49.4 Å². The molecule has 2 fully saturated rings. The Labute approximate surface area is 158 Å². The Morgan fingerprint density at radius 3 is 2.73 bits per heavy atom. The zero-order valence-corrected chi connectivity index (χ0v) is 16.1. The first kappa shape index (κ1) is 19.2. The Bertz CT molecular complexity index is 648. The highest BCUT2D eigenvalue weighted by molar-refractivity contribution is 8.00. The molecule has 1 saturated heterocycles. The van der Waals surface area contributed by atoms with Gasteiger partial charge in [0.05, 0.1) is 5.37 Å². The summed E-state index contributed by atoms with van der Waals surface area (Å²) in [6, 6.07) is 5.30. The number of hydrogen-bond acceptors (Lipinski definition) is 3. The zero-order chi connectivity index (χ0) is 18.5. The van der Waals surface area contributed by atoms with Gasteiger partial charge in [0.25, 0.3) is 5.91 Å². The molecule has 1 N–H and O–H groups in total. The van der Waals surface area contributed by atoms with Gasteiger partial charge in [-0.3, -0.25) is 9.59 Å². The number of benzene rings is 1. The van der Waals surface area contributed by atoms with E-state index in [1.54, 1.807) is 28.8 Å². The lowest BCUT2D eigenvalue weighted by Gasteiger charge is -2.35. The lowest BCUT2D eigenvalue weighted by atomic mass is 9.88. The molecule has 0 radical (unpaired) electrons. The smallest absolute Gasteiger partial charge is 0.255 e. The summed E-state index contributed by atoms with van der Waals surface area (Å²) >= 11 is 1.70. The van der Waals surface area contributed by atoms with Gasteiger partial charge in [0.15, 0.2) is 0 Å². The van der Waals surface area contributed by atoms with Crippen LogP contribution in [-0.2, 0) is 4.79 Å². The number of halogens is 1. The van der Waals surface area contributed by atoms with E-state index >= 15 is 0 Å². The largest absolute Gasteiger partial charge is 0.354 e. The van der Waals surface area contributed by atoms with Crippen molar-refractivity contribution in [3.63, 3.8) is 0 Å². The maximum absolute atomic E-state index is 13.6. The van der Waals surface area contributed by atoms with Crippen molar-refractivity contribution in [2.75, 3.05) is 12.3 Å². The Balaban J connectivity index is 1.85. The van der Waals surface area contributed by atoms with Crippen LogP contribution in [0.25, 0.3) is 0 Å². The van der Waals surface area contributed by atoms with E-state index < -0.39 is 11.9 Å². The van der Waals surface area contributed by atoms with Gasteiger partial charge in [-0.2, -0.15) is 0 Å². The average molecular weight is 379 g/mol. The van der Waals surface area contributed by atoms with Crippen LogP contribution in [0.1, 0.15) is 55.8 Å². The molecule has 1 aromatic rings. The van der Waals surface area contributed by atoms with E-state index in [1.807, 2.05) is 6.92 Å². The summed E-state index contributed by atoms with van der Waals surface area (Å²) in [5.74, 6) is 0.265. The number of thioether (sulfide) groups is 1. The Morgan fingerprint density at radius 1 is 1.27 bits per heavy atom. The molecule has 0 aromatic heterocycles. The molecule has 1 saturated carbocycles. The van der Waals surface area contributed by atoms with Crippen molar-refractivity contribution in [3.05, 3.63) is 35.6 Å². The highest BCUT2D eigenvalue weighted by atomic mass is 32.2. The lowest BCUT2D eigenvalue weighted by molar-refractivity contribution is -0.125. The molecule has 26 heavy (non-hydrogen) atoms. The normalized spacial score (nSPS) is 23.8. The Kier molecular flexibility index (Phi) is 6.57. The van der Waals surface area contributed by atoms with E-state index in [-0.39, 0.29) is 17.2 Å². The molecule has 2 amide bonds. The van der Waals surface area contributed by atoms with E-state index in [9.17, 15) is 14.0 Å². The molecule has 0 spiro atoms. The van der Waals surface area contributed by atoms with Gasteiger partial charge in [-0.15, -0.1) is 11.8 Å². The number of carbonyl (C=O) groups excluding carboxylic acids is 2. The third-order valence-corrected chi connectivity index (χ3v) is 6.71. The first-order valence-electron chi connectivity index (χ1n) is 9.59. The molecule has 0 unspecified atom stereocenters. The summed E-state index contributed by atoms with van der Waals surface area (Å²) in [5, 5.41) is 2.93. The summed E-state index contributed by atoms with van der Waals surface area (Å²) < 4.78 is 13.6. The molecule has 142 valence electrons. The van der Waals surface area contributed by atoms with Crippen molar-refractivity contribution >= 4 is 23.6 Å². The van der Waals surface area contributed by atoms with Crippen molar-refractivity contribution in [1.29, 1.82) is 0 Å². The number of carbonyl (C=O) groups is 2. The van der Waals surface area contributed by atoms with Gasteiger partial charge < -0.3 is 10.2 Å². The van der Waals surface area contributed by atoms with Gasteiger partial charge in [0, 0.05) is 17.9 Å². The number of amides is 2. The van der Waals surface area contributed by atoms with E-state index in [0.29, 0.717) is 23.8 Å². The average Bonchev–Trinajstić information content (AvgIpc) is 3.11. The van der Waals surface area contributed by atoms with Gasteiger partial charge in [-0.1, -0.05) is 32.3 Å². The second kappa shape index (κ2) is 8.89. The van der Waals surface area contributed by atoms with Crippen LogP contribution >= 0.6 is 11.8 Å². The zero-order valence-electron chi connectivity index (χ0n) is 15.2. The number of nitrogens with zero attached hydrogens (tertiary/aromatic N) is 1. The lowest BCUT2D eigenvalue weighted by Crippen LogP contribution is -2.51. The second-order valence-electron chi connectivity index (χ2n) is 7.15. The fraction of sp³-hybridized carbons (Fsp3) is 0.600. The van der Waals surface area contributed by atoms with Crippen molar-refractivity contribution in [1.82, 2.24) is 10.2 Å². The SMILES string of the molecule is CCCNC(=O)[C@H]1CS[C@@H](C2CCCCC2)N1C(=O)c1cccc(F)c1. The first-order valence-corrected chi connectivity index (χ1v) is 10.6. The minimum atomic E-state index is -0.478. The number of nitrogens with one attached hydrogen (secondary N) is 1.